The Balaban J connectivity index is 2.04. The van der Waals surface area contributed by atoms with E-state index < -0.39 is 0 Å². The molecule has 2 rings (SSSR count). The van der Waals surface area contributed by atoms with Gasteiger partial charge in [0.25, 0.3) is 0 Å². The number of hydrogen-bond donors (Lipinski definition) is 2. The van der Waals surface area contributed by atoms with E-state index >= 15 is 0 Å². The van der Waals surface area contributed by atoms with Crippen molar-refractivity contribution in [1.29, 1.82) is 0 Å². The fourth-order valence-corrected chi connectivity index (χ4v) is 2.27. The first-order valence-electron chi connectivity index (χ1n) is 6.52. The van der Waals surface area contributed by atoms with Gasteiger partial charge in [0.1, 0.15) is 12.1 Å². The zero-order valence-electron chi connectivity index (χ0n) is 10.8. The molecule has 0 saturated carbocycles. The third-order valence-electron chi connectivity index (χ3n) is 3.37. The van der Waals surface area contributed by atoms with Crippen LogP contribution < -0.4 is 10.6 Å². The molecule has 94 valence electrons. The second-order valence-corrected chi connectivity index (χ2v) is 5.08. The predicted molar refractivity (Wildman–Crippen MR) is 70.2 cm³/mol. The second-order valence-electron chi connectivity index (χ2n) is 5.08. The Bertz CT molecular complexity index is 358. The first-order chi connectivity index (χ1) is 8.22. The second kappa shape index (κ2) is 5.45. The van der Waals surface area contributed by atoms with Crippen molar-refractivity contribution in [3.63, 3.8) is 0 Å². The molecule has 0 aromatic carbocycles. The average molecular weight is 234 g/mol. The average Bonchev–Trinajstić information content (AvgIpc) is 2.30. The Morgan fingerprint density at radius 3 is 2.82 bits per heavy atom. The van der Waals surface area contributed by atoms with E-state index in [-0.39, 0.29) is 5.54 Å². The summed E-state index contributed by atoms with van der Waals surface area (Å²) in [5.74, 6) is 0.966. The van der Waals surface area contributed by atoms with E-state index in [0.717, 1.165) is 50.3 Å². The molecule has 1 saturated heterocycles. The summed E-state index contributed by atoms with van der Waals surface area (Å²) in [4.78, 5) is 8.60. The molecule has 1 aliphatic rings. The molecule has 1 fully saturated rings. The fourth-order valence-electron chi connectivity index (χ4n) is 2.27. The highest BCUT2D eigenvalue weighted by Gasteiger charge is 2.26. The van der Waals surface area contributed by atoms with E-state index in [1.165, 1.54) is 0 Å². The van der Waals surface area contributed by atoms with Gasteiger partial charge in [-0.05, 0) is 39.3 Å². The third kappa shape index (κ3) is 3.40. The summed E-state index contributed by atoms with van der Waals surface area (Å²) in [6.07, 6.45) is 6.09. The van der Waals surface area contributed by atoms with Crippen LogP contribution in [-0.2, 0) is 6.42 Å². The van der Waals surface area contributed by atoms with Gasteiger partial charge in [-0.1, -0.05) is 13.3 Å². The van der Waals surface area contributed by atoms with Crippen LogP contribution in [0.25, 0.3) is 0 Å². The van der Waals surface area contributed by atoms with Crippen LogP contribution in [0.2, 0.25) is 0 Å². The van der Waals surface area contributed by atoms with Crippen LogP contribution in [0.15, 0.2) is 12.4 Å². The molecule has 0 spiro atoms. The van der Waals surface area contributed by atoms with Crippen molar-refractivity contribution in [2.75, 3.05) is 18.4 Å². The lowest BCUT2D eigenvalue weighted by Crippen LogP contribution is -2.45. The number of anilines is 1. The highest BCUT2D eigenvalue weighted by Crippen LogP contribution is 2.22. The summed E-state index contributed by atoms with van der Waals surface area (Å²) in [5, 5.41) is 6.95. The molecule has 17 heavy (non-hydrogen) atoms. The molecule has 0 atom stereocenters. The van der Waals surface area contributed by atoms with Crippen LogP contribution in [0.5, 0.6) is 0 Å². The molecule has 2 N–H and O–H groups in total. The Kier molecular flexibility index (Phi) is 3.94. The summed E-state index contributed by atoms with van der Waals surface area (Å²) in [7, 11) is 0. The van der Waals surface area contributed by atoms with Crippen molar-refractivity contribution in [2.45, 2.75) is 45.1 Å². The van der Waals surface area contributed by atoms with Gasteiger partial charge in [-0.25, -0.2) is 9.97 Å². The van der Waals surface area contributed by atoms with Gasteiger partial charge in [-0.3, -0.25) is 0 Å². The van der Waals surface area contributed by atoms with Crippen LogP contribution in [0.3, 0.4) is 0 Å². The molecular weight excluding hydrogens is 212 g/mol. The molecule has 0 amide bonds. The predicted octanol–water partition coefficient (Wildman–Crippen LogP) is 1.98. The zero-order valence-corrected chi connectivity index (χ0v) is 10.8. The van der Waals surface area contributed by atoms with E-state index in [1.807, 2.05) is 0 Å². The number of rotatable bonds is 4. The number of aryl methyl sites for hydroxylation is 1. The summed E-state index contributed by atoms with van der Waals surface area (Å²) in [6.45, 7) is 6.60. The molecule has 4 nitrogen and oxygen atoms in total. The molecule has 0 unspecified atom stereocenters. The lowest BCUT2D eigenvalue weighted by Gasteiger charge is -2.35. The van der Waals surface area contributed by atoms with E-state index in [0.29, 0.717) is 0 Å². The van der Waals surface area contributed by atoms with Crippen molar-refractivity contribution < 1.29 is 0 Å². The maximum absolute atomic E-state index is 4.32. The largest absolute Gasteiger partial charge is 0.365 e. The van der Waals surface area contributed by atoms with E-state index in [1.54, 1.807) is 6.33 Å². The van der Waals surface area contributed by atoms with E-state index in [4.69, 9.17) is 0 Å². The van der Waals surface area contributed by atoms with Crippen molar-refractivity contribution in [3.8, 4) is 0 Å². The van der Waals surface area contributed by atoms with Gasteiger partial charge in [0, 0.05) is 17.3 Å². The minimum atomic E-state index is 0.170. The van der Waals surface area contributed by atoms with Gasteiger partial charge >= 0.3 is 0 Å². The van der Waals surface area contributed by atoms with E-state index in [2.05, 4.69) is 40.5 Å². The normalized spacial score (nSPS) is 18.9. The molecule has 0 bridgehead atoms. The SMILES string of the molecule is CCCc1cc(NC2(C)CCNCC2)ncn1. The van der Waals surface area contributed by atoms with Gasteiger partial charge in [-0.2, -0.15) is 0 Å². The van der Waals surface area contributed by atoms with Crippen molar-refractivity contribution in [3.05, 3.63) is 18.1 Å². The number of hydrogen-bond acceptors (Lipinski definition) is 4. The summed E-state index contributed by atoms with van der Waals surface area (Å²) in [5.41, 5.74) is 1.30. The summed E-state index contributed by atoms with van der Waals surface area (Å²) < 4.78 is 0. The van der Waals surface area contributed by atoms with Crippen molar-refractivity contribution >= 4 is 5.82 Å². The van der Waals surface area contributed by atoms with Gasteiger partial charge in [0.2, 0.25) is 0 Å². The summed E-state index contributed by atoms with van der Waals surface area (Å²) in [6, 6.07) is 2.08. The fraction of sp³-hybridized carbons (Fsp3) is 0.692. The smallest absolute Gasteiger partial charge is 0.130 e. The Morgan fingerprint density at radius 1 is 1.35 bits per heavy atom. The molecule has 1 aromatic heterocycles. The van der Waals surface area contributed by atoms with Crippen LogP contribution >= 0.6 is 0 Å². The molecule has 0 radical (unpaired) electrons. The third-order valence-corrected chi connectivity index (χ3v) is 3.37. The molecule has 2 heterocycles. The minimum absolute atomic E-state index is 0.170. The molecule has 1 aliphatic heterocycles. The maximum Gasteiger partial charge on any atom is 0.130 e. The van der Waals surface area contributed by atoms with Crippen LogP contribution in [0.4, 0.5) is 5.82 Å². The Labute approximate surface area is 103 Å². The molecule has 0 aliphatic carbocycles. The highest BCUT2D eigenvalue weighted by molar-refractivity contribution is 5.38. The quantitative estimate of drug-likeness (QED) is 0.836. The number of nitrogens with one attached hydrogen (secondary N) is 2. The topological polar surface area (TPSA) is 49.8 Å². The van der Waals surface area contributed by atoms with Gasteiger partial charge in [-0.15, -0.1) is 0 Å². The summed E-state index contributed by atoms with van der Waals surface area (Å²) >= 11 is 0. The number of nitrogens with zero attached hydrogens (tertiary/aromatic N) is 2. The molecular formula is C13H22N4. The number of piperidine rings is 1. The van der Waals surface area contributed by atoms with Crippen LogP contribution in [0, 0.1) is 0 Å². The monoisotopic (exact) mass is 234 g/mol. The van der Waals surface area contributed by atoms with Crippen molar-refractivity contribution in [2.24, 2.45) is 0 Å². The van der Waals surface area contributed by atoms with Gasteiger partial charge in [0.15, 0.2) is 0 Å². The van der Waals surface area contributed by atoms with Gasteiger partial charge in [0.05, 0.1) is 0 Å². The lowest BCUT2D eigenvalue weighted by atomic mass is 9.90. The molecule has 4 heteroatoms. The standard InChI is InChI=1S/C13H22N4/c1-3-4-11-9-12(16-10-15-11)17-13(2)5-7-14-8-6-13/h9-10,14H,3-8H2,1-2H3,(H,15,16,17). The zero-order chi connectivity index (χ0) is 12.1. The van der Waals surface area contributed by atoms with Crippen LogP contribution in [0.1, 0.15) is 38.8 Å². The minimum Gasteiger partial charge on any atom is -0.365 e. The molecule has 1 aromatic rings. The first kappa shape index (κ1) is 12.3. The van der Waals surface area contributed by atoms with E-state index in [9.17, 15) is 0 Å². The Morgan fingerprint density at radius 2 is 2.12 bits per heavy atom. The maximum atomic E-state index is 4.32. The Hall–Kier alpha value is -1.16. The highest BCUT2D eigenvalue weighted by atomic mass is 15.1. The van der Waals surface area contributed by atoms with Gasteiger partial charge < -0.3 is 10.6 Å². The van der Waals surface area contributed by atoms with Crippen molar-refractivity contribution in [1.82, 2.24) is 15.3 Å². The first-order valence-corrected chi connectivity index (χ1v) is 6.52. The lowest BCUT2D eigenvalue weighted by molar-refractivity contribution is 0.364. The van der Waals surface area contributed by atoms with Crippen LogP contribution in [-0.4, -0.2) is 28.6 Å². The number of aromatic nitrogens is 2.